The molecule has 1 fully saturated rings. The molecule has 1 aliphatic rings. The molecule has 0 spiro atoms. The fraction of sp³-hybridized carbons (Fsp3) is 0.438. The highest BCUT2D eigenvalue weighted by molar-refractivity contribution is 7.89. The van der Waals surface area contributed by atoms with Crippen LogP contribution in [0.5, 0.6) is 0 Å². The predicted octanol–water partition coefficient (Wildman–Crippen LogP) is 2.66. The van der Waals surface area contributed by atoms with E-state index in [4.69, 9.17) is 5.11 Å². The normalized spacial score (nSPS) is 17.5. The van der Waals surface area contributed by atoms with Crippen LogP contribution in [-0.2, 0) is 14.8 Å². The Kier molecular flexibility index (Phi) is 5.37. The highest BCUT2D eigenvalue weighted by Gasteiger charge is 2.26. The van der Waals surface area contributed by atoms with Gasteiger partial charge in [-0.3, -0.25) is 0 Å². The van der Waals surface area contributed by atoms with Crippen LogP contribution in [0.4, 0.5) is 0 Å². The van der Waals surface area contributed by atoms with E-state index < -0.39 is 16.0 Å². The number of carbonyl (C=O) groups is 1. The van der Waals surface area contributed by atoms with E-state index in [0.29, 0.717) is 24.2 Å². The monoisotopic (exact) mass is 323 g/mol. The SMILES string of the molecule is Cc1ccc(/C=C/C(=O)O)cc1S(=O)(=O)N1CCCCCC1. The molecule has 0 unspecified atom stereocenters. The van der Waals surface area contributed by atoms with E-state index in [2.05, 4.69) is 0 Å². The van der Waals surface area contributed by atoms with E-state index in [1.54, 1.807) is 29.4 Å². The number of hydrogen-bond donors (Lipinski definition) is 1. The van der Waals surface area contributed by atoms with Crippen molar-refractivity contribution in [2.24, 2.45) is 0 Å². The van der Waals surface area contributed by atoms with E-state index in [0.717, 1.165) is 31.8 Å². The Morgan fingerprint density at radius 2 is 1.82 bits per heavy atom. The highest BCUT2D eigenvalue weighted by Crippen LogP contribution is 2.24. The van der Waals surface area contributed by atoms with Gasteiger partial charge >= 0.3 is 5.97 Å². The minimum atomic E-state index is -3.53. The third-order valence-electron chi connectivity index (χ3n) is 3.81. The summed E-state index contributed by atoms with van der Waals surface area (Å²) in [6, 6.07) is 4.98. The molecule has 0 atom stereocenters. The molecule has 0 amide bonds. The fourth-order valence-electron chi connectivity index (χ4n) is 2.59. The Bertz CT molecular complexity index is 671. The molecule has 1 heterocycles. The molecule has 0 saturated carbocycles. The summed E-state index contributed by atoms with van der Waals surface area (Å²) < 4.78 is 27.2. The van der Waals surface area contributed by atoms with Crippen molar-refractivity contribution in [1.82, 2.24) is 4.31 Å². The number of hydrogen-bond acceptors (Lipinski definition) is 3. The number of carboxylic acid groups (broad SMARTS) is 1. The quantitative estimate of drug-likeness (QED) is 0.864. The minimum Gasteiger partial charge on any atom is -0.478 e. The van der Waals surface area contributed by atoms with E-state index in [9.17, 15) is 13.2 Å². The minimum absolute atomic E-state index is 0.266. The summed E-state index contributed by atoms with van der Waals surface area (Å²) in [6.07, 6.45) is 6.31. The van der Waals surface area contributed by atoms with Crippen LogP contribution >= 0.6 is 0 Å². The second kappa shape index (κ2) is 7.07. The molecular weight excluding hydrogens is 302 g/mol. The van der Waals surface area contributed by atoms with Gasteiger partial charge in [-0.2, -0.15) is 4.31 Å². The fourth-order valence-corrected chi connectivity index (χ4v) is 4.36. The summed E-state index contributed by atoms with van der Waals surface area (Å²) in [5, 5.41) is 8.68. The average Bonchev–Trinajstić information content (AvgIpc) is 2.75. The van der Waals surface area contributed by atoms with Gasteiger partial charge in [-0.1, -0.05) is 25.0 Å². The maximum Gasteiger partial charge on any atom is 0.328 e. The lowest BCUT2D eigenvalue weighted by atomic mass is 10.1. The first-order chi connectivity index (χ1) is 10.4. The number of carboxylic acids is 1. The number of rotatable bonds is 4. The Morgan fingerprint density at radius 3 is 2.41 bits per heavy atom. The summed E-state index contributed by atoms with van der Waals surface area (Å²) >= 11 is 0. The van der Waals surface area contributed by atoms with E-state index in [1.807, 2.05) is 0 Å². The zero-order chi connectivity index (χ0) is 16.2. The van der Waals surface area contributed by atoms with Gasteiger partial charge in [0.15, 0.2) is 0 Å². The zero-order valence-corrected chi connectivity index (χ0v) is 13.5. The van der Waals surface area contributed by atoms with E-state index in [1.165, 1.54) is 6.08 Å². The molecule has 1 aliphatic heterocycles. The van der Waals surface area contributed by atoms with Gasteiger partial charge in [-0.25, -0.2) is 13.2 Å². The largest absolute Gasteiger partial charge is 0.478 e. The molecule has 1 aromatic rings. The van der Waals surface area contributed by atoms with Gasteiger partial charge in [-0.15, -0.1) is 0 Å². The van der Waals surface area contributed by atoms with E-state index >= 15 is 0 Å². The molecular formula is C16H21NO4S. The zero-order valence-electron chi connectivity index (χ0n) is 12.7. The molecule has 5 nitrogen and oxygen atoms in total. The number of nitrogens with zero attached hydrogens (tertiary/aromatic N) is 1. The molecule has 2 rings (SSSR count). The van der Waals surface area contributed by atoms with Gasteiger partial charge in [0.1, 0.15) is 0 Å². The Balaban J connectivity index is 2.36. The number of sulfonamides is 1. The summed E-state index contributed by atoms with van der Waals surface area (Å²) in [7, 11) is -3.53. The van der Waals surface area contributed by atoms with Gasteiger partial charge in [0.2, 0.25) is 10.0 Å². The number of benzene rings is 1. The second-order valence-electron chi connectivity index (χ2n) is 5.51. The van der Waals surface area contributed by atoms with Crippen LogP contribution in [0.15, 0.2) is 29.2 Å². The first-order valence-corrected chi connectivity index (χ1v) is 8.87. The molecule has 0 aliphatic carbocycles. The van der Waals surface area contributed by atoms with Crippen molar-refractivity contribution in [3.63, 3.8) is 0 Å². The molecule has 0 aromatic heterocycles. The van der Waals surface area contributed by atoms with Gasteiger partial charge in [0.05, 0.1) is 4.90 Å². The Morgan fingerprint density at radius 1 is 1.18 bits per heavy atom. The van der Waals surface area contributed by atoms with Gasteiger partial charge in [0.25, 0.3) is 0 Å². The van der Waals surface area contributed by atoms with Crippen molar-refractivity contribution in [3.8, 4) is 0 Å². The molecule has 120 valence electrons. The lowest BCUT2D eigenvalue weighted by molar-refractivity contribution is -0.131. The third kappa shape index (κ3) is 3.96. The average molecular weight is 323 g/mol. The van der Waals surface area contributed by atoms with Crippen LogP contribution < -0.4 is 0 Å². The lowest BCUT2D eigenvalue weighted by Gasteiger charge is -2.21. The van der Waals surface area contributed by atoms with Crippen LogP contribution in [0.25, 0.3) is 6.08 Å². The Labute approximate surface area is 131 Å². The van der Waals surface area contributed by atoms with Crippen molar-refractivity contribution in [2.75, 3.05) is 13.1 Å². The smallest absolute Gasteiger partial charge is 0.328 e. The molecule has 1 N–H and O–H groups in total. The van der Waals surface area contributed by atoms with Gasteiger partial charge in [-0.05, 0) is 43.0 Å². The summed E-state index contributed by atoms with van der Waals surface area (Å²) in [5.41, 5.74) is 1.25. The first-order valence-electron chi connectivity index (χ1n) is 7.43. The summed E-state index contributed by atoms with van der Waals surface area (Å²) in [6.45, 7) is 2.86. The molecule has 0 radical (unpaired) electrons. The van der Waals surface area contributed by atoms with Crippen LogP contribution in [-0.4, -0.2) is 36.9 Å². The topological polar surface area (TPSA) is 74.7 Å². The standard InChI is InChI=1S/C16H21NO4S/c1-13-6-7-14(8-9-16(18)19)12-15(13)22(20,21)17-10-4-2-3-5-11-17/h6-9,12H,2-5,10-11H2,1H3,(H,18,19)/b9-8+. The highest BCUT2D eigenvalue weighted by atomic mass is 32.2. The third-order valence-corrected chi connectivity index (χ3v) is 5.85. The number of aliphatic carboxylic acids is 1. The van der Waals surface area contributed by atoms with Crippen LogP contribution in [0.3, 0.4) is 0 Å². The Hall–Kier alpha value is -1.66. The van der Waals surface area contributed by atoms with Gasteiger partial charge < -0.3 is 5.11 Å². The van der Waals surface area contributed by atoms with Crippen molar-refractivity contribution in [3.05, 3.63) is 35.4 Å². The summed E-state index contributed by atoms with van der Waals surface area (Å²) in [4.78, 5) is 10.9. The van der Waals surface area contributed by atoms with Gasteiger partial charge in [0, 0.05) is 19.2 Å². The van der Waals surface area contributed by atoms with Crippen LogP contribution in [0.1, 0.15) is 36.8 Å². The molecule has 1 saturated heterocycles. The van der Waals surface area contributed by atoms with Crippen molar-refractivity contribution < 1.29 is 18.3 Å². The maximum absolute atomic E-state index is 12.8. The lowest BCUT2D eigenvalue weighted by Crippen LogP contribution is -2.32. The van der Waals surface area contributed by atoms with Crippen LogP contribution in [0, 0.1) is 6.92 Å². The van der Waals surface area contributed by atoms with E-state index in [-0.39, 0.29) is 4.90 Å². The predicted molar refractivity (Wildman–Crippen MR) is 85.1 cm³/mol. The molecule has 22 heavy (non-hydrogen) atoms. The number of aryl methyl sites for hydroxylation is 1. The molecule has 6 heteroatoms. The van der Waals surface area contributed by atoms with Crippen molar-refractivity contribution in [1.29, 1.82) is 0 Å². The van der Waals surface area contributed by atoms with Crippen molar-refractivity contribution >= 4 is 22.1 Å². The maximum atomic E-state index is 12.8. The second-order valence-corrected chi connectivity index (χ2v) is 7.42. The van der Waals surface area contributed by atoms with Crippen LogP contribution in [0.2, 0.25) is 0 Å². The molecule has 1 aromatic carbocycles. The summed E-state index contributed by atoms with van der Waals surface area (Å²) in [5.74, 6) is -1.06. The first kappa shape index (κ1) is 16.7. The van der Waals surface area contributed by atoms with Crippen molar-refractivity contribution in [2.45, 2.75) is 37.5 Å². The molecule has 0 bridgehead atoms.